The highest BCUT2D eigenvalue weighted by molar-refractivity contribution is 9.11. The van der Waals surface area contributed by atoms with Gasteiger partial charge in [-0.1, -0.05) is 12.8 Å². The minimum absolute atomic E-state index is 0.187. The number of rotatable bonds is 2. The van der Waals surface area contributed by atoms with E-state index in [0.717, 1.165) is 21.8 Å². The van der Waals surface area contributed by atoms with Crippen LogP contribution >= 0.6 is 31.9 Å². The van der Waals surface area contributed by atoms with E-state index in [4.69, 9.17) is 0 Å². The second-order valence-corrected chi connectivity index (χ2v) is 5.60. The third-order valence-corrected chi connectivity index (χ3v) is 3.81. The Bertz CT molecular complexity index is 386. The van der Waals surface area contributed by atoms with Crippen LogP contribution in [0.2, 0.25) is 0 Å². The van der Waals surface area contributed by atoms with Crippen LogP contribution in [-0.4, -0.2) is 10.8 Å². The van der Waals surface area contributed by atoms with Gasteiger partial charge in [0.2, 0.25) is 0 Å². The van der Waals surface area contributed by atoms with E-state index in [1.54, 1.807) is 6.20 Å². The van der Waals surface area contributed by atoms with Crippen LogP contribution in [0.15, 0.2) is 21.2 Å². The standard InChI is InChI=1S/C11H11Br2NO/c12-8-5-9(13)10(14-6-8)11(15)7-3-1-2-4-7/h5-7H,1-4H2. The molecule has 2 nitrogen and oxygen atoms in total. The molecule has 0 atom stereocenters. The average molecular weight is 333 g/mol. The highest BCUT2D eigenvalue weighted by Crippen LogP contribution is 2.30. The Kier molecular flexibility index (Phi) is 3.57. The van der Waals surface area contributed by atoms with Gasteiger partial charge in [0.25, 0.3) is 0 Å². The Labute approximate surface area is 106 Å². The van der Waals surface area contributed by atoms with Crippen LogP contribution in [-0.2, 0) is 0 Å². The molecular formula is C11H11Br2NO. The van der Waals surface area contributed by atoms with Crippen molar-refractivity contribution in [2.45, 2.75) is 25.7 Å². The van der Waals surface area contributed by atoms with Gasteiger partial charge >= 0.3 is 0 Å². The lowest BCUT2D eigenvalue weighted by atomic mass is 10.00. The van der Waals surface area contributed by atoms with Gasteiger partial charge in [0.15, 0.2) is 5.78 Å². The fraction of sp³-hybridized carbons (Fsp3) is 0.455. The van der Waals surface area contributed by atoms with Gasteiger partial charge in [-0.05, 0) is 50.8 Å². The maximum absolute atomic E-state index is 12.1. The van der Waals surface area contributed by atoms with Gasteiger partial charge in [0.1, 0.15) is 5.69 Å². The molecule has 0 aromatic carbocycles. The van der Waals surface area contributed by atoms with Crippen molar-refractivity contribution < 1.29 is 4.79 Å². The summed E-state index contributed by atoms with van der Waals surface area (Å²) in [5.41, 5.74) is 0.574. The van der Waals surface area contributed by atoms with Gasteiger partial charge in [-0.3, -0.25) is 9.78 Å². The minimum Gasteiger partial charge on any atom is -0.292 e. The molecule has 1 aliphatic carbocycles. The summed E-state index contributed by atoms with van der Waals surface area (Å²) in [6, 6.07) is 1.87. The Balaban J connectivity index is 2.24. The zero-order valence-corrected chi connectivity index (χ0v) is 11.3. The lowest BCUT2D eigenvalue weighted by Gasteiger charge is -2.08. The summed E-state index contributed by atoms with van der Waals surface area (Å²) in [5, 5.41) is 0. The molecule has 0 amide bonds. The molecule has 0 bridgehead atoms. The highest BCUT2D eigenvalue weighted by atomic mass is 79.9. The number of aromatic nitrogens is 1. The average Bonchev–Trinajstić information content (AvgIpc) is 2.69. The van der Waals surface area contributed by atoms with Gasteiger partial charge in [0.05, 0.1) is 0 Å². The first kappa shape index (κ1) is 11.3. The van der Waals surface area contributed by atoms with Crippen molar-refractivity contribution in [1.29, 1.82) is 0 Å². The fourth-order valence-corrected chi connectivity index (χ4v) is 3.16. The van der Waals surface area contributed by atoms with E-state index >= 15 is 0 Å². The minimum atomic E-state index is 0.187. The van der Waals surface area contributed by atoms with E-state index in [0.29, 0.717) is 5.69 Å². The van der Waals surface area contributed by atoms with Crippen molar-refractivity contribution in [1.82, 2.24) is 4.98 Å². The number of ketones is 1. The van der Waals surface area contributed by atoms with Crippen LogP contribution in [0.3, 0.4) is 0 Å². The molecule has 1 fully saturated rings. The SMILES string of the molecule is O=C(c1ncc(Br)cc1Br)C1CCCC1. The molecule has 0 N–H and O–H groups in total. The second kappa shape index (κ2) is 4.74. The molecule has 4 heteroatoms. The third kappa shape index (κ3) is 2.48. The van der Waals surface area contributed by atoms with Gasteiger partial charge in [0, 0.05) is 21.1 Å². The number of halogens is 2. The number of pyridine rings is 1. The number of Topliss-reactive ketones (excluding diaryl/α,β-unsaturated/α-hetero) is 1. The summed E-state index contributed by atoms with van der Waals surface area (Å²) in [5.74, 6) is 0.377. The molecule has 1 aromatic heterocycles. The first-order valence-electron chi connectivity index (χ1n) is 5.04. The first-order valence-corrected chi connectivity index (χ1v) is 6.62. The number of hydrogen-bond acceptors (Lipinski definition) is 2. The van der Waals surface area contributed by atoms with E-state index in [9.17, 15) is 4.79 Å². The van der Waals surface area contributed by atoms with Crippen LogP contribution in [0.1, 0.15) is 36.2 Å². The van der Waals surface area contributed by atoms with Crippen LogP contribution in [0.25, 0.3) is 0 Å². The van der Waals surface area contributed by atoms with E-state index < -0.39 is 0 Å². The largest absolute Gasteiger partial charge is 0.292 e. The molecule has 80 valence electrons. The van der Waals surface area contributed by atoms with Crippen molar-refractivity contribution in [3.8, 4) is 0 Å². The molecular weight excluding hydrogens is 322 g/mol. The van der Waals surface area contributed by atoms with Crippen molar-refractivity contribution >= 4 is 37.6 Å². The van der Waals surface area contributed by atoms with Crippen LogP contribution in [0, 0.1) is 5.92 Å². The van der Waals surface area contributed by atoms with Crippen molar-refractivity contribution in [2.75, 3.05) is 0 Å². The molecule has 1 aliphatic rings. The summed E-state index contributed by atoms with van der Waals surface area (Å²) in [6.07, 6.45) is 6.05. The molecule has 1 aromatic rings. The smallest absolute Gasteiger partial charge is 0.185 e. The third-order valence-electron chi connectivity index (χ3n) is 2.77. The summed E-state index contributed by atoms with van der Waals surface area (Å²) in [7, 11) is 0. The normalized spacial score (nSPS) is 16.9. The van der Waals surface area contributed by atoms with Crippen molar-refractivity contribution in [3.63, 3.8) is 0 Å². The second-order valence-electron chi connectivity index (χ2n) is 3.83. The topological polar surface area (TPSA) is 30.0 Å². The van der Waals surface area contributed by atoms with Crippen LogP contribution < -0.4 is 0 Å². The maximum Gasteiger partial charge on any atom is 0.185 e. The van der Waals surface area contributed by atoms with Gasteiger partial charge < -0.3 is 0 Å². The Morgan fingerprint density at radius 3 is 2.60 bits per heavy atom. The van der Waals surface area contributed by atoms with Gasteiger partial charge in [-0.2, -0.15) is 0 Å². The molecule has 0 unspecified atom stereocenters. The van der Waals surface area contributed by atoms with E-state index in [1.807, 2.05) is 6.07 Å². The van der Waals surface area contributed by atoms with Gasteiger partial charge in [-0.15, -0.1) is 0 Å². The Hall–Kier alpha value is -0.220. The highest BCUT2D eigenvalue weighted by Gasteiger charge is 2.26. The molecule has 0 radical (unpaired) electrons. The van der Waals surface area contributed by atoms with Crippen molar-refractivity contribution in [2.24, 2.45) is 5.92 Å². The van der Waals surface area contributed by atoms with Crippen LogP contribution in [0.5, 0.6) is 0 Å². The van der Waals surface area contributed by atoms with Gasteiger partial charge in [-0.25, -0.2) is 0 Å². The Morgan fingerprint density at radius 1 is 1.33 bits per heavy atom. The Morgan fingerprint density at radius 2 is 2.00 bits per heavy atom. The number of carbonyl (C=O) groups excluding carboxylic acids is 1. The fourth-order valence-electron chi connectivity index (χ4n) is 1.98. The molecule has 2 rings (SSSR count). The molecule has 15 heavy (non-hydrogen) atoms. The summed E-state index contributed by atoms with van der Waals surface area (Å²) in [6.45, 7) is 0. The zero-order chi connectivity index (χ0) is 10.8. The molecule has 1 heterocycles. The first-order chi connectivity index (χ1) is 7.18. The van der Waals surface area contributed by atoms with E-state index in [-0.39, 0.29) is 11.7 Å². The monoisotopic (exact) mass is 331 g/mol. The lowest BCUT2D eigenvalue weighted by Crippen LogP contribution is -2.13. The quantitative estimate of drug-likeness (QED) is 0.767. The predicted octanol–water partition coefficient (Wildman–Crippen LogP) is 3.98. The predicted molar refractivity (Wildman–Crippen MR) is 65.9 cm³/mol. The lowest BCUT2D eigenvalue weighted by molar-refractivity contribution is 0.0917. The summed E-state index contributed by atoms with van der Waals surface area (Å²) in [4.78, 5) is 16.3. The number of hydrogen-bond donors (Lipinski definition) is 0. The van der Waals surface area contributed by atoms with Crippen LogP contribution in [0.4, 0.5) is 0 Å². The van der Waals surface area contributed by atoms with E-state index in [1.165, 1.54) is 12.8 Å². The summed E-state index contributed by atoms with van der Waals surface area (Å²) < 4.78 is 1.67. The zero-order valence-electron chi connectivity index (χ0n) is 8.17. The summed E-state index contributed by atoms with van der Waals surface area (Å²) >= 11 is 6.71. The molecule has 0 saturated heterocycles. The van der Waals surface area contributed by atoms with Crippen molar-refractivity contribution in [3.05, 3.63) is 26.9 Å². The number of carbonyl (C=O) groups is 1. The number of nitrogens with zero attached hydrogens (tertiary/aromatic N) is 1. The molecule has 0 aliphatic heterocycles. The molecule has 0 spiro atoms. The maximum atomic E-state index is 12.1. The van der Waals surface area contributed by atoms with E-state index in [2.05, 4.69) is 36.8 Å². The molecule has 1 saturated carbocycles.